The van der Waals surface area contributed by atoms with Crippen LogP contribution in [0.15, 0.2) is 75.1 Å². The number of rotatable bonds is 4. The van der Waals surface area contributed by atoms with E-state index in [0.29, 0.717) is 0 Å². The fourth-order valence-corrected chi connectivity index (χ4v) is 2.23. The van der Waals surface area contributed by atoms with Gasteiger partial charge in [-0.3, -0.25) is 15.3 Å². The summed E-state index contributed by atoms with van der Waals surface area (Å²) in [4.78, 5) is 9.65. The van der Waals surface area contributed by atoms with Crippen molar-refractivity contribution in [1.29, 1.82) is 0 Å². The summed E-state index contributed by atoms with van der Waals surface area (Å²) in [5.74, 6) is 0. The Kier molecular flexibility index (Phi) is 4.44. The standard InChI is InChI=1S/C12H10N4O5S/c17-15-8-2-1-3-11(15)9-13-14-22(20,21)12-6-4-10(5-7-12)16(18)19/h1-9,17H/b11-9+,14-13?. The van der Waals surface area contributed by atoms with Crippen LogP contribution in [0.4, 0.5) is 5.69 Å². The smallest absolute Gasteiger partial charge is 0.284 e. The van der Waals surface area contributed by atoms with Crippen LogP contribution in [0.3, 0.4) is 0 Å². The summed E-state index contributed by atoms with van der Waals surface area (Å²) < 4.78 is 26.9. The number of sulfonamides is 1. The molecule has 9 nitrogen and oxygen atoms in total. The second-order valence-electron chi connectivity index (χ2n) is 4.02. The van der Waals surface area contributed by atoms with Gasteiger partial charge in [0.2, 0.25) is 0 Å². The van der Waals surface area contributed by atoms with Crippen LogP contribution >= 0.6 is 0 Å². The molecule has 0 aliphatic carbocycles. The lowest BCUT2D eigenvalue weighted by atomic mass is 10.3. The van der Waals surface area contributed by atoms with Crippen LogP contribution in [0.2, 0.25) is 0 Å². The van der Waals surface area contributed by atoms with E-state index in [4.69, 9.17) is 0 Å². The molecule has 0 atom stereocenters. The number of hydrogen-bond donors (Lipinski definition) is 1. The van der Waals surface area contributed by atoms with E-state index in [2.05, 4.69) is 9.63 Å². The molecule has 114 valence electrons. The van der Waals surface area contributed by atoms with Crippen molar-refractivity contribution in [2.45, 2.75) is 4.90 Å². The van der Waals surface area contributed by atoms with Crippen LogP contribution in [-0.2, 0) is 10.0 Å². The summed E-state index contributed by atoms with van der Waals surface area (Å²) in [6.07, 6.45) is 7.09. The number of non-ortho nitro benzene ring substituents is 1. The van der Waals surface area contributed by atoms with Gasteiger partial charge in [0.15, 0.2) is 0 Å². The molecule has 2 rings (SSSR count). The van der Waals surface area contributed by atoms with Crippen molar-refractivity contribution < 1.29 is 18.5 Å². The van der Waals surface area contributed by atoms with Gasteiger partial charge in [0.05, 0.1) is 21.7 Å². The quantitative estimate of drug-likeness (QED) is 0.515. The van der Waals surface area contributed by atoms with Crippen LogP contribution in [0, 0.1) is 10.1 Å². The molecule has 0 spiro atoms. The van der Waals surface area contributed by atoms with Crippen LogP contribution < -0.4 is 0 Å². The number of benzene rings is 1. The zero-order chi connectivity index (χ0) is 16.2. The highest BCUT2D eigenvalue weighted by molar-refractivity contribution is 7.90. The van der Waals surface area contributed by atoms with Crippen LogP contribution in [0.25, 0.3) is 0 Å². The molecule has 1 aromatic carbocycles. The SMILES string of the molecule is O=[N+]([O-])c1ccc(S(=O)(=O)N=N/C=C2\C=CC=CN2O)cc1. The summed E-state index contributed by atoms with van der Waals surface area (Å²) in [5, 5.41) is 24.1. The first-order chi connectivity index (χ1) is 10.4. The fraction of sp³-hybridized carbons (Fsp3) is 0. The van der Waals surface area contributed by atoms with Crippen LogP contribution in [-0.4, -0.2) is 23.6 Å². The predicted octanol–water partition coefficient (Wildman–Crippen LogP) is 2.35. The summed E-state index contributed by atoms with van der Waals surface area (Å²) in [6.45, 7) is 0. The van der Waals surface area contributed by atoms with Crippen molar-refractivity contribution in [2.75, 3.05) is 0 Å². The Morgan fingerprint density at radius 2 is 1.91 bits per heavy atom. The van der Waals surface area contributed by atoms with E-state index in [0.717, 1.165) is 35.5 Å². The Bertz CT molecular complexity index is 793. The topological polar surface area (TPSA) is 125 Å². The largest absolute Gasteiger partial charge is 0.299 e. The highest BCUT2D eigenvalue weighted by Gasteiger charge is 2.15. The number of hydrogen-bond acceptors (Lipinski definition) is 7. The fourth-order valence-electron chi connectivity index (χ4n) is 1.48. The van der Waals surface area contributed by atoms with Gasteiger partial charge in [0.1, 0.15) is 0 Å². The van der Waals surface area contributed by atoms with Crippen molar-refractivity contribution in [3.05, 3.63) is 70.7 Å². The van der Waals surface area contributed by atoms with Crippen molar-refractivity contribution in [3.63, 3.8) is 0 Å². The lowest BCUT2D eigenvalue weighted by Crippen LogP contribution is -2.10. The maximum atomic E-state index is 11.9. The molecule has 0 aromatic heterocycles. The normalized spacial score (nSPS) is 16.6. The second-order valence-corrected chi connectivity index (χ2v) is 5.61. The molecule has 0 bridgehead atoms. The van der Waals surface area contributed by atoms with Crippen LogP contribution in [0.5, 0.6) is 0 Å². The summed E-state index contributed by atoms with van der Waals surface area (Å²) >= 11 is 0. The van der Waals surface area contributed by atoms with E-state index in [9.17, 15) is 23.7 Å². The molecule has 0 saturated heterocycles. The van der Waals surface area contributed by atoms with E-state index >= 15 is 0 Å². The highest BCUT2D eigenvalue weighted by atomic mass is 32.2. The van der Waals surface area contributed by atoms with E-state index in [-0.39, 0.29) is 16.3 Å². The second kappa shape index (κ2) is 6.28. The Balaban J connectivity index is 2.19. The van der Waals surface area contributed by atoms with Gasteiger partial charge < -0.3 is 0 Å². The maximum Gasteiger partial charge on any atom is 0.299 e. The molecular weight excluding hydrogens is 312 g/mol. The summed E-state index contributed by atoms with van der Waals surface area (Å²) in [5.41, 5.74) is -0.00166. The zero-order valence-corrected chi connectivity index (χ0v) is 11.8. The molecule has 1 heterocycles. The number of nitro benzene ring substituents is 1. The molecule has 1 aromatic rings. The van der Waals surface area contributed by atoms with Gasteiger partial charge in [-0.2, -0.15) is 8.42 Å². The minimum atomic E-state index is -4.07. The van der Waals surface area contributed by atoms with Crippen molar-refractivity contribution >= 4 is 15.7 Å². The van der Waals surface area contributed by atoms with E-state index in [1.54, 1.807) is 12.2 Å². The van der Waals surface area contributed by atoms with Crippen molar-refractivity contribution in [2.24, 2.45) is 9.63 Å². The van der Waals surface area contributed by atoms with Crippen LogP contribution in [0.1, 0.15) is 0 Å². The third-order valence-corrected chi connectivity index (χ3v) is 3.74. The van der Waals surface area contributed by atoms with Gasteiger partial charge in [0, 0.05) is 18.3 Å². The molecule has 1 N–H and O–H groups in total. The average molecular weight is 322 g/mol. The summed E-state index contributed by atoms with van der Waals surface area (Å²) in [6, 6.07) is 4.26. The Morgan fingerprint density at radius 3 is 2.50 bits per heavy atom. The number of allylic oxidation sites excluding steroid dienone is 3. The highest BCUT2D eigenvalue weighted by Crippen LogP contribution is 2.18. The number of nitrogens with zero attached hydrogens (tertiary/aromatic N) is 4. The molecule has 0 fully saturated rings. The van der Waals surface area contributed by atoms with E-state index in [1.165, 1.54) is 12.3 Å². The van der Waals surface area contributed by atoms with Crippen molar-refractivity contribution in [1.82, 2.24) is 5.06 Å². The van der Waals surface area contributed by atoms with Gasteiger partial charge in [-0.1, -0.05) is 10.6 Å². The molecular formula is C12H10N4O5S. The van der Waals surface area contributed by atoms with Gasteiger partial charge in [0.25, 0.3) is 15.7 Å². The third-order valence-electron chi connectivity index (χ3n) is 2.56. The van der Waals surface area contributed by atoms with Gasteiger partial charge in [-0.25, -0.2) is 5.06 Å². The molecule has 0 amide bonds. The van der Waals surface area contributed by atoms with E-state index in [1.807, 2.05) is 0 Å². The Labute approximate surface area is 125 Å². The average Bonchev–Trinajstić information content (AvgIpc) is 2.49. The first kappa shape index (κ1) is 15.5. The molecule has 1 aliphatic heterocycles. The molecule has 1 aliphatic rings. The monoisotopic (exact) mass is 322 g/mol. The van der Waals surface area contributed by atoms with Gasteiger partial charge >= 0.3 is 0 Å². The van der Waals surface area contributed by atoms with Gasteiger partial charge in [-0.15, -0.1) is 5.11 Å². The first-order valence-electron chi connectivity index (χ1n) is 5.85. The zero-order valence-electron chi connectivity index (χ0n) is 11.0. The number of hydroxylamine groups is 2. The maximum absolute atomic E-state index is 11.9. The molecule has 0 saturated carbocycles. The Morgan fingerprint density at radius 1 is 1.23 bits per heavy atom. The summed E-state index contributed by atoms with van der Waals surface area (Å²) in [7, 11) is -4.07. The first-order valence-corrected chi connectivity index (χ1v) is 7.29. The number of nitro groups is 1. The Hall–Kier alpha value is -2.85. The molecule has 10 heteroatoms. The lowest BCUT2D eigenvalue weighted by Gasteiger charge is -2.13. The third kappa shape index (κ3) is 3.62. The molecule has 22 heavy (non-hydrogen) atoms. The lowest BCUT2D eigenvalue weighted by molar-refractivity contribution is -0.384. The van der Waals surface area contributed by atoms with Gasteiger partial charge in [-0.05, 0) is 24.3 Å². The van der Waals surface area contributed by atoms with E-state index < -0.39 is 14.9 Å². The predicted molar refractivity (Wildman–Crippen MR) is 75.1 cm³/mol. The molecule has 0 unspecified atom stereocenters. The minimum Gasteiger partial charge on any atom is -0.284 e. The van der Waals surface area contributed by atoms with Crippen molar-refractivity contribution in [3.8, 4) is 0 Å². The molecule has 0 radical (unpaired) electrons. The minimum absolute atomic E-state index is 0.222.